The molecule has 0 radical (unpaired) electrons. The molecule has 1 atom stereocenters. The van der Waals surface area contributed by atoms with E-state index in [2.05, 4.69) is 9.98 Å². The molecule has 0 saturated carbocycles. The van der Waals surface area contributed by atoms with Crippen LogP contribution in [0.5, 0.6) is 0 Å². The van der Waals surface area contributed by atoms with E-state index in [1.807, 2.05) is 0 Å². The van der Waals surface area contributed by atoms with E-state index < -0.39 is 5.50 Å². The maximum Gasteiger partial charge on any atom is 0.229 e. The number of alkyl halides is 1. The molecular formula is C6H5Cl3N2O. The fraction of sp³-hybridized carbons (Fsp3) is 0.333. The van der Waals surface area contributed by atoms with Crippen LogP contribution in [0.15, 0.2) is 21.2 Å². The van der Waals surface area contributed by atoms with Gasteiger partial charge in [0, 0.05) is 0 Å². The highest BCUT2D eigenvalue weighted by atomic mass is 35.5. The van der Waals surface area contributed by atoms with Crippen molar-refractivity contribution >= 4 is 45.9 Å². The maximum absolute atomic E-state index is 5.73. The van der Waals surface area contributed by atoms with E-state index in [0.717, 1.165) is 0 Å². The molecule has 0 aliphatic carbocycles. The molecule has 0 N–H and O–H groups in total. The first kappa shape index (κ1) is 9.84. The van der Waals surface area contributed by atoms with Crippen molar-refractivity contribution in [2.24, 2.45) is 9.98 Å². The van der Waals surface area contributed by atoms with Crippen LogP contribution in [-0.2, 0) is 4.74 Å². The van der Waals surface area contributed by atoms with Gasteiger partial charge in [-0.25, -0.2) is 9.98 Å². The first-order chi connectivity index (χ1) is 5.65. The van der Waals surface area contributed by atoms with Gasteiger partial charge in [0.1, 0.15) is 5.17 Å². The predicted octanol–water partition coefficient (Wildman–Crippen LogP) is 2.33. The zero-order valence-electron chi connectivity index (χ0n) is 6.09. The summed E-state index contributed by atoms with van der Waals surface area (Å²) in [4.78, 5) is 7.62. The third kappa shape index (κ3) is 2.12. The normalized spacial score (nSPS) is 23.7. The van der Waals surface area contributed by atoms with Crippen molar-refractivity contribution in [3.05, 3.63) is 11.2 Å². The molecule has 0 aromatic carbocycles. The van der Waals surface area contributed by atoms with E-state index in [0.29, 0.717) is 0 Å². The van der Waals surface area contributed by atoms with Crippen LogP contribution in [0.4, 0.5) is 0 Å². The Balaban J connectivity index is 2.98. The number of hydrogen-bond acceptors (Lipinski definition) is 3. The Labute approximate surface area is 84.7 Å². The molecule has 1 rings (SSSR count). The number of ether oxygens (including phenoxy) is 1. The minimum absolute atomic E-state index is 0.132. The lowest BCUT2D eigenvalue weighted by Gasteiger charge is -2.03. The van der Waals surface area contributed by atoms with Crippen molar-refractivity contribution in [1.29, 1.82) is 0 Å². The Morgan fingerprint density at radius 3 is 2.75 bits per heavy atom. The first-order valence-corrected chi connectivity index (χ1v) is 4.19. The molecule has 0 saturated heterocycles. The molecule has 66 valence electrons. The Hall–Kier alpha value is -0.250. The summed E-state index contributed by atoms with van der Waals surface area (Å²) in [5.74, 6) is 0.269. The van der Waals surface area contributed by atoms with Gasteiger partial charge in [0.05, 0.1) is 18.3 Å². The number of halogens is 3. The Morgan fingerprint density at radius 2 is 2.17 bits per heavy atom. The van der Waals surface area contributed by atoms with Gasteiger partial charge in [-0.05, 0) is 0 Å². The van der Waals surface area contributed by atoms with E-state index in [4.69, 9.17) is 39.5 Å². The summed E-state index contributed by atoms with van der Waals surface area (Å²) in [5.41, 5.74) is -0.713. The number of rotatable bonds is 0. The molecule has 0 spiro atoms. The smallest absolute Gasteiger partial charge is 0.229 e. The van der Waals surface area contributed by atoms with Gasteiger partial charge in [0.25, 0.3) is 0 Å². The second-order valence-electron chi connectivity index (χ2n) is 1.90. The number of allylic oxidation sites excluding steroid dienone is 1. The van der Waals surface area contributed by atoms with Gasteiger partial charge in [0.15, 0.2) is 0 Å². The highest BCUT2D eigenvalue weighted by Crippen LogP contribution is 2.16. The maximum atomic E-state index is 5.73. The second kappa shape index (κ2) is 4.12. The van der Waals surface area contributed by atoms with Gasteiger partial charge >= 0.3 is 0 Å². The van der Waals surface area contributed by atoms with Crippen molar-refractivity contribution in [2.75, 3.05) is 7.11 Å². The Morgan fingerprint density at radius 1 is 1.50 bits per heavy atom. The van der Waals surface area contributed by atoms with Crippen molar-refractivity contribution in [2.45, 2.75) is 5.50 Å². The summed E-state index contributed by atoms with van der Waals surface area (Å²) < 4.78 is 4.83. The SMILES string of the molecule is COC1=NC=C(Cl)C(Cl)=NC1Cl. The summed E-state index contributed by atoms with van der Waals surface area (Å²) in [7, 11) is 1.45. The predicted molar refractivity (Wildman–Crippen MR) is 51.3 cm³/mol. The first-order valence-electron chi connectivity index (χ1n) is 3.00. The Bertz CT molecular complexity index is 272. The molecule has 0 fully saturated rings. The molecule has 12 heavy (non-hydrogen) atoms. The molecule has 3 nitrogen and oxygen atoms in total. The van der Waals surface area contributed by atoms with Crippen LogP contribution >= 0.6 is 34.8 Å². The van der Waals surface area contributed by atoms with E-state index in [1.54, 1.807) is 0 Å². The third-order valence-corrected chi connectivity index (χ3v) is 2.10. The molecule has 0 aromatic rings. The summed E-state index contributed by atoms with van der Waals surface area (Å²) in [6.07, 6.45) is 1.34. The standard InChI is InChI=1S/C6H5Cl3N2O/c1-12-6-5(9)11-4(8)3(7)2-10-6/h2,5H,1H3. The number of hydrogen-bond donors (Lipinski definition) is 0. The molecule has 1 aliphatic rings. The van der Waals surface area contributed by atoms with E-state index in [-0.39, 0.29) is 16.1 Å². The van der Waals surface area contributed by atoms with Gasteiger partial charge in [-0.3, -0.25) is 0 Å². The average Bonchev–Trinajstić information content (AvgIpc) is 2.14. The lowest BCUT2D eigenvalue weighted by molar-refractivity contribution is 0.392. The van der Waals surface area contributed by atoms with Gasteiger partial charge in [-0.15, -0.1) is 0 Å². The van der Waals surface area contributed by atoms with Crippen LogP contribution in [0.25, 0.3) is 0 Å². The van der Waals surface area contributed by atoms with Crippen LogP contribution in [-0.4, -0.2) is 23.7 Å². The van der Waals surface area contributed by atoms with E-state index in [1.165, 1.54) is 13.3 Å². The van der Waals surface area contributed by atoms with Crippen LogP contribution in [0.2, 0.25) is 0 Å². The molecule has 0 amide bonds. The summed E-state index contributed by atoms with van der Waals surface area (Å²) >= 11 is 17.0. The van der Waals surface area contributed by atoms with Crippen molar-refractivity contribution in [3.63, 3.8) is 0 Å². The van der Waals surface area contributed by atoms with E-state index >= 15 is 0 Å². The lowest BCUT2D eigenvalue weighted by Crippen LogP contribution is -2.13. The van der Waals surface area contributed by atoms with Gasteiger partial charge in [0.2, 0.25) is 11.4 Å². The zero-order chi connectivity index (χ0) is 9.14. The number of methoxy groups -OCH3 is 1. The van der Waals surface area contributed by atoms with Crippen LogP contribution in [0.3, 0.4) is 0 Å². The largest absolute Gasteiger partial charge is 0.482 e. The minimum Gasteiger partial charge on any atom is -0.482 e. The number of aliphatic imine (C=N–C) groups is 2. The molecule has 0 aromatic heterocycles. The number of nitrogens with zero attached hydrogens (tertiary/aromatic N) is 2. The quantitative estimate of drug-likeness (QED) is 0.462. The van der Waals surface area contributed by atoms with Gasteiger partial charge in [-0.1, -0.05) is 34.8 Å². The highest BCUT2D eigenvalue weighted by molar-refractivity contribution is 6.76. The summed E-state index contributed by atoms with van der Waals surface area (Å²) in [6, 6.07) is 0. The van der Waals surface area contributed by atoms with Crippen molar-refractivity contribution in [1.82, 2.24) is 0 Å². The Kier molecular flexibility index (Phi) is 3.38. The minimum atomic E-state index is -0.713. The average molecular weight is 227 g/mol. The molecule has 1 unspecified atom stereocenters. The van der Waals surface area contributed by atoms with Crippen molar-refractivity contribution in [3.8, 4) is 0 Å². The van der Waals surface area contributed by atoms with Crippen LogP contribution in [0.1, 0.15) is 0 Å². The van der Waals surface area contributed by atoms with Crippen molar-refractivity contribution < 1.29 is 4.74 Å². The second-order valence-corrected chi connectivity index (χ2v) is 3.08. The summed E-state index contributed by atoms with van der Waals surface area (Å²) in [5, 5.41) is 0.377. The summed E-state index contributed by atoms with van der Waals surface area (Å²) in [6.45, 7) is 0. The lowest BCUT2D eigenvalue weighted by atomic mass is 10.6. The highest BCUT2D eigenvalue weighted by Gasteiger charge is 2.16. The van der Waals surface area contributed by atoms with Gasteiger partial charge < -0.3 is 4.74 Å². The molecule has 1 heterocycles. The zero-order valence-corrected chi connectivity index (χ0v) is 8.36. The fourth-order valence-corrected chi connectivity index (χ4v) is 1.14. The van der Waals surface area contributed by atoms with Crippen LogP contribution < -0.4 is 0 Å². The van der Waals surface area contributed by atoms with Crippen LogP contribution in [0, 0.1) is 0 Å². The van der Waals surface area contributed by atoms with Gasteiger partial charge in [-0.2, -0.15) is 0 Å². The third-order valence-electron chi connectivity index (χ3n) is 1.14. The van der Waals surface area contributed by atoms with E-state index in [9.17, 15) is 0 Å². The molecule has 0 bridgehead atoms. The molecule has 6 heteroatoms. The fourth-order valence-electron chi connectivity index (χ4n) is 0.601. The monoisotopic (exact) mass is 226 g/mol. The topological polar surface area (TPSA) is 34.0 Å². The molecular weight excluding hydrogens is 222 g/mol. The molecule has 1 aliphatic heterocycles.